The number of aliphatic imine (C=N–C) groups is 1. The number of alkyl halides is 3. The van der Waals surface area contributed by atoms with Gasteiger partial charge < -0.3 is 15.0 Å². The van der Waals surface area contributed by atoms with Crippen LogP contribution in [0.5, 0.6) is 0 Å². The molecule has 36 heavy (non-hydrogen) atoms. The number of anilines is 1. The van der Waals surface area contributed by atoms with E-state index in [2.05, 4.69) is 26.2 Å². The van der Waals surface area contributed by atoms with Crippen LogP contribution in [0.3, 0.4) is 0 Å². The summed E-state index contributed by atoms with van der Waals surface area (Å²) >= 11 is 3.34. The van der Waals surface area contributed by atoms with Gasteiger partial charge in [-0.2, -0.15) is 13.2 Å². The number of amides is 1. The van der Waals surface area contributed by atoms with E-state index < -0.39 is 17.4 Å². The molecule has 0 bridgehead atoms. The molecule has 1 aromatic carbocycles. The van der Waals surface area contributed by atoms with Crippen molar-refractivity contribution >= 4 is 33.4 Å². The lowest BCUT2D eigenvalue weighted by atomic mass is 9.80. The van der Waals surface area contributed by atoms with E-state index in [0.29, 0.717) is 52.9 Å². The number of pyridine rings is 1. The van der Waals surface area contributed by atoms with Crippen LogP contribution in [0.2, 0.25) is 0 Å². The summed E-state index contributed by atoms with van der Waals surface area (Å²) in [6.45, 7) is 1.03. The molecule has 1 saturated carbocycles. The van der Waals surface area contributed by atoms with E-state index in [-0.39, 0.29) is 30.1 Å². The summed E-state index contributed by atoms with van der Waals surface area (Å²) in [6, 6.07) is 5.54. The van der Waals surface area contributed by atoms with E-state index in [1.807, 2.05) is 11.0 Å². The molecule has 1 aliphatic carbocycles. The van der Waals surface area contributed by atoms with E-state index in [1.54, 1.807) is 0 Å². The Kier molecular flexibility index (Phi) is 6.57. The summed E-state index contributed by atoms with van der Waals surface area (Å²) in [5.41, 5.74) is -0.0141. The molecule has 3 aliphatic rings. The highest BCUT2D eigenvalue weighted by Crippen LogP contribution is 2.41. The Morgan fingerprint density at radius 2 is 1.94 bits per heavy atom. The van der Waals surface area contributed by atoms with Gasteiger partial charge in [0.25, 0.3) is 5.91 Å². The van der Waals surface area contributed by atoms with Gasteiger partial charge >= 0.3 is 6.18 Å². The number of benzene rings is 1. The summed E-state index contributed by atoms with van der Waals surface area (Å²) in [4.78, 5) is 23.8. The fourth-order valence-corrected chi connectivity index (χ4v) is 5.50. The van der Waals surface area contributed by atoms with Gasteiger partial charge in [0.15, 0.2) is 0 Å². The number of hydrogen-bond acceptors (Lipinski definition) is 5. The maximum Gasteiger partial charge on any atom is 0.433 e. The maximum atomic E-state index is 14.6. The number of carbonyl (C=O) groups excluding carboxylic acids is 1. The molecule has 0 radical (unpaired) electrons. The van der Waals surface area contributed by atoms with Gasteiger partial charge in [-0.1, -0.05) is 22.4 Å². The number of halogens is 5. The molecule has 1 aromatic heterocycles. The lowest BCUT2D eigenvalue weighted by Crippen LogP contribution is -2.49. The summed E-state index contributed by atoms with van der Waals surface area (Å²) in [5, 5.41) is 2.82. The largest absolute Gasteiger partial charge is 0.433 e. The zero-order valence-corrected chi connectivity index (χ0v) is 21.2. The molecule has 11 heteroatoms. The van der Waals surface area contributed by atoms with Gasteiger partial charge in [0.05, 0.1) is 12.3 Å². The zero-order valence-electron chi connectivity index (χ0n) is 19.6. The number of hydrogen-bond donors (Lipinski definition) is 1. The molecule has 1 spiro atoms. The molecule has 5 rings (SSSR count). The Bertz CT molecular complexity index is 1220. The lowest BCUT2D eigenvalue weighted by molar-refractivity contribution is -0.141. The predicted molar refractivity (Wildman–Crippen MR) is 130 cm³/mol. The average molecular weight is 569 g/mol. The Hall–Kier alpha value is -2.53. The van der Waals surface area contributed by atoms with E-state index >= 15 is 0 Å². The molecule has 192 valence electrons. The van der Waals surface area contributed by atoms with Crippen LogP contribution >= 0.6 is 15.9 Å². The van der Waals surface area contributed by atoms with Crippen molar-refractivity contribution < 1.29 is 27.1 Å². The van der Waals surface area contributed by atoms with Crippen molar-refractivity contribution in [3.8, 4) is 0 Å². The SMILES string of the molecule is COCc1c(F)cc(Br)cc1N1CCC2(CC1)N=C(c1ccc(C(F)(F)F)nc1C1CCC1)NC2=O. The molecule has 3 heterocycles. The molecule has 1 saturated heterocycles. The van der Waals surface area contributed by atoms with Crippen LogP contribution in [0.15, 0.2) is 33.7 Å². The van der Waals surface area contributed by atoms with Crippen molar-refractivity contribution in [1.29, 1.82) is 0 Å². The molecular formula is C25H25BrF4N4O2. The third-order valence-electron chi connectivity index (χ3n) is 7.30. The van der Waals surface area contributed by atoms with Crippen molar-refractivity contribution in [2.45, 2.75) is 56.3 Å². The zero-order chi connectivity index (χ0) is 25.7. The Labute approximate surface area is 214 Å². The number of ether oxygens (including phenoxy) is 1. The second-order valence-corrected chi connectivity index (χ2v) is 10.4. The Morgan fingerprint density at radius 3 is 2.56 bits per heavy atom. The number of nitrogens with one attached hydrogen (secondary N) is 1. The quantitative estimate of drug-likeness (QED) is 0.495. The van der Waals surface area contributed by atoms with E-state index in [4.69, 9.17) is 9.73 Å². The van der Waals surface area contributed by atoms with Crippen molar-refractivity contribution in [2.24, 2.45) is 4.99 Å². The van der Waals surface area contributed by atoms with Gasteiger partial charge in [-0.15, -0.1) is 0 Å². The van der Waals surface area contributed by atoms with Crippen LogP contribution in [0.1, 0.15) is 60.5 Å². The highest BCUT2D eigenvalue weighted by Gasteiger charge is 2.47. The number of amidine groups is 1. The highest BCUT2D eigenvalue weighted by molar-refractivity contribution is 9.10. The fourth-order valence-electron chi connectivity index (χ4n) is 5.09. The fraction of sp³-hybridized carbons (Fsp3) is 0.480. The number of piperidine rings is 1. The molecule has 1 amide bonds. The van der Waals surface area contributed by atoms with E-state index in [1.165, 1.54) is 19.2 Å². The van der Waals surface area contributed by atoms with Crippen LogP contribution < -0.4 is 10.2 Å². The minimum atomic E-state index is -4.54. The molecule has 0 atom stereocenters. The first-order chi connectivity index (χ1) is 17.1. The number of methoxy groups -OCH3 is 1. The standard InChI is InChI=1S/C25H25BrF4N4O2/c1-36-13-17-18(27)11-15(26)12-19(17)34-9-7-24(8-10-34)23(35)32-22(33-24)16-5-6-20(25(28,29)30)31-21(16)14-3-2-4-14/h5-6,11-12,14H,2-4,7-10,13H2,1H3,(H,32,33,35). The first-order valence-corrected chi connectivity index (χ1v) is 12.6. The Morgan fingerprint density at radius 1 is 1.22 bits per heavy atom. The smallest absolute Gasteiger partial charge is 0.380 e. The lowest BCUT2D eigenvalue weighted by Gasteiger charge is -2.37. The molecule has 2 aromatic rings. The minimum Gasteiger partial charge on any atom is -0.380 e. The number of carbonyl (C=O) groups is 1. The van der Waals surface area contributed by atoms with Crippen LogP contribution in [-0.2, 0) is 22.3 Å². The van der Waals surface area contributed by atoms with Crippen molar-refractivity contribution in [2.75, 3.05) is 25.1 Å². The topological polar surface area (TPSA) is 66.8 Å². The normalized spacial score (nSPS) is 19.9. The Balaban J connectivity index is 1.42. The van der Waals surface area contributed by atoms with Gasteiger partial charge in [-0.3, -0.25) is 9.79 Å². The number of nitrogens with zero attached hydrogens (tertiary/aromatic N) is 3. The number of aromatic nitrogens is 1. The maximum absolute atomic E-state index is 14.6. The van der Waals surface area contributed by atoms with Gasteiger partial charge in [0.2, 0.25) is 0 Å². The highest BCUT2D eigenvalue weighted by atomic mass is 79.9. The van der Waals surface area contributed by atoms with Gasteiger partial charge in [0.1, 0.15) is 22.9 Å². The second-order valence-electron chi connectivity index (χ2n) is 9.51. The third-order valence-corrected chi connectivity index (χ3v) is 7.76. The van der Waals surface area contributed by atoms with E-state index in [9.17, 15) is 22.4 Å². The van der Waals surface area contributed by atoms with Crippen LogP contribution in [0.4, 0.5) is 23.2 Å². The van der Waals surface area contributed by atoms with Crippen molar-refractivity contribution in [3.63, 3.8) is 0 Å². The monoisotopic (exact) mass is 568 g/mol. The molecule has 2 fully saturated rings. The van der Waals surface area contributed by atoms with Crippen molar-refractivity contribution in [1.82, 2.24) is 10.3 Å². The van der Waals surface area contributed by atoms with Gasteiger partial charge in [0, 0.05) is 47.4 Å². The van der Waals surface area contributed by atoms with Gasteiger partial charge in [-0.05, 0) is 49.9 Å². The molecule has 1 N–H and O–H groups in total. The predicted octanol–water partition coefficient (Wildman–Crippen LogP) is 5.33. The summed E-state index contributed by atoms with van der Waals surface area (Å²) < 4.78 is 60.3. The van der Waals surface area contributed by atoms with Gasteiger partial charge in [-0.25, -0.2) is 9.37 Å². The first-order valence-electron chi connectivity index (χ1n) is 11.8. The first kappa shape index (κ1) is 25.1. The summed E-state index contributed by atoms with van der Waals surface area (Å²) in [5.74, 6) is -0.441. The molecule has 2 aliphatic heterocycles. The van der Waals surface area contributed by atoms with E-state index in [0.717, 1.165) is 25.3 Å². The summed E-state index contributed by atoms with van der Waals surface area (Å²) in [6.07, 6.45) is -1.32. The molecular weight excluding hydrogens is 544 g/mol. The van der Waals surface area contributed by atoms with Crippen LogP contribution in [-0.4, -0.2) is 42.5 Å². The van der Waals surface area contributed by atoms with Crippen LogP contribution in [0, 0.1) is 5.82 Å². The number of rotatable bonds is 5. The summed E-state index contributed by atoms with van der Waals surface area (Å²) in [7, 11) is 1.50. The average Bonchev–Trinajstić information content (AvgIpc) is 3.09. The molecule has 6 nitrogen and oxygen atoms in total. The van der Waals surface area contributed by atoms with Crippen molar-refractivity contribution in [3.05, 3.63) is 57.1 Å². The van der Waals surface area contributed by atoms with Crippen LogP contribution in [0.25, 0.3) is 0 Å². The second kappa shape index (κ2) is 9.41. The molecule has 0 unspecified atom stereocenters. The third kappa shape index (κ3) is 4.51. The minimum absolute atomic E-state index is 0.0778.